The summed E-state index contributed by atoms with van der Waals surface area (Å²) < 4.78 is 5.35. The molecule has 0 aliphatic heterocycles. The highest BCUT2D eigenvalue weighted by Crippen LogP contribution is 2.31. The first-order chi connectivity index (χ1) is 9.22. The van der Waals surface area contributed by atoms with Crippen LogP contribution in [0.2, 0.25) is 0 Å². The third-order valence-electron chi connectivity index (χ3n) is 4.35. The molecule has 1 N–H and O–H groups in total. The number of nitrogens with zero attached hydrogens (tertiary/aromatic N) is 1. The minimum absolute atomic E-state index is 0.806. The molecule has 0 unspecified atom stereocenters. The Balaban J connectivity index is 1.87. The minimum atomic E-state index is 0.806. The number of rotatable bonds is 5. The van der Waals surface area contributed by atoms with Crippen molar-refractivity contribution in [2.24, 2.45) is 11.8 Å². The molecule has 1 aromatic heterocycles. The summed E-state index contributed by atoms with van der Waals surface area (Å²) in [4.78, 5) is 4.26. The van der Waals surface area contributed by atoms with Crippen LogP contribution in [0.4, 0.5) is 5.69 Å². The largest absolute Gasteiger partial charge is 0.493 e. The van der Waals surface area contributed by atoms with Crippen molar-refractivity contribution in [1.29, 1.82) is 0 Å². The van der Waals surface area contributed by atoms with Crippen molar-refractivity contribution < 1.29 is 4.74 Å². The molecule has 1 aromatic rings. The minimum Gasteiger partial charge on any atom is -0.493 e. The predicted octanol–water partition coefficient (Wildman–Crippen LogP) is 4.03. The van der Waals surface area contributed by atoms with Gasteiger partial charge < -0.3 is 10.1 Å². The lowest BCUT2D eigenvalue weighted by atomic mass is 9.81. The molecule has 2 rings (SSSR count). The van der Waals surface area contributed by atoms with E-state index in [1.165, 1.54) is 32.1 Å². The van der Waals surface area contributed by atoms with E-state index in [2.05, 4.69) is 23.3 Å². The van der Waals surface area contributed by atoms with Gasteiger partial charge in [0.25, 0.3) is 0 Å². The van der Waals surface area contributed by atoms with Crippen LogP contribution in [0.15, 0.2) is 12.3 Å². The van der Waals surface area contributed by atoms with E-state index in [4.69, 9.17) is 4.74 Å². The van der Waals surface area contributed by atoms with Crippen molar-refractivity contribution in [3.63, 3.8) is 0 Å². The second kappa shape index (κ2) is 6.78. The first kappa shape index (κ1) is 14.2. The van der Waals surface area contributed by atoms with Crippen molar-refractivity contribution in [3.05, 3.63) is 18.0 Å². The Hall–Kier alpha value is -1.25. The average Bonchev–Trinajstić information content (AvgIpc) is 2.46. The molecule has 0 amide bonds. The van der Waals surface area contributed by atoms with E-state index in [0.29, 0.717) is 0 Å². The van der Waals surface area contributed by atoms with Gasteiger partial charge in [-0.1, -0.05) is 26.2 Å². The topological polar surface area (TPSA) is 34.2 Å². The van der Waals surface area contributed by atoms with E-state index < -0.39 is 0 Å². The van der Waals surface area contributed by atoms with Crippen LogP contribution in [-0.4, -0.2) is 18.6 Å². The van der Waals surface area contributed by atoms with Gasteiger partial charge in [0.1, 0.15) is 0 Å². The van der Waals surface area contributed by atoms with Crippen LogP contribution in [0.1, 0.15) is 44.7 Å². The van der Waals surface area contributed by atoms with Crippen LogP contribution in [0.3, 0.4) is 0 Å². The average molecular weight is 262 g/mol. The fraction of sp³-hybridized carbons (Fsp3) is 0.688. The summed E-state index contributed by atoms with van der Waals surface area (Å²) in [5.41, 5.74) is 2.10. The standard InChI is InChI=1S/C16H26N2O/c1-4-13-5-7-14(8-6-13)10-18-15-9-12(2)17-11-16(15)19-3/h9,11,13-14H,4-8,10H2,1-3H3,(H,17,18). The highest BCUT2D eigenvalue weighted by Gasteiger charge is 2.20. The van der Waals surface area contributed by atoms with Gasteiger partial charge in [-0.25, -0.2) is 0 Å². The number of aromatic nitrogens is 1. The zero-order chi connectivity index (χ0) is 13.7. The molecular formula is C16H26N2O. The molecule has 19 heavy (non-hydrogen) atoms. The molecule has 0 spiro atoms. The molecule has 1 fully saturated rings. The summed E-state index contributed by atoms with van der Waals surface area (Å²) >= 11 is 0. The second-order valence-corrected chi connectivity index (χ2v) is 5.70. The third kappa shape index (κ3) is 3.85. The Kier molecular flexibility index (Phi) is 5.06. The lowest BCUT2D eigenvalue weighted by Gasteiger charge is -2.28. The number of methoxy groups -OCH3 is 1. The molecule has 0 atom stereocenters. The molecular weight excluding hydrogens is 236 g/mol. The molecule has 3 nitrogen and oxygen atoms in total. The molecule has 106 valence electrons. The van der Waals surface area contributed by atoms with Gasteiger partial charge in [-0.15, -0.1) is 0 Å². The highest BCUT2D eigenvalue weighted by molar-refractivity contribution is 5.55. The Morgan fingerprint density at radius 2 is 1.95 bits per heavy atom. The molecule has 1 aliphatic carbocycles. The van der Waals surface area contributed by atoms with Crippen molar-refractivity contribution >= 4 is 5.69 Å². The number of nitrogens with one attached hydrogen (secondary N) is 1. The van der Waals surface area contributed by atoms with E-state index in [1.54, 1.807) is 13.3 Å². The van der Waals surface area contributed by atoms with Crippen molar-refractivity contribution in [2.75, 3.05) is 19.0 Å². The van der Waals surface area contributed by atoms with Crippen LogP contribution in [0, 0.1) is 18.8 Å². The number of pyridine rings is 1. The first-order valence-electron chi connectivity index (χ1n) is 7.47. The Bertz CT molecular complexity index is 398. The second-order valence-electron chi connectivity index (χ2n) is 5.70. The quantitative estimate of drug-likeness (QED) is 0.870. The summed E-state index contributed by atoms with van der Waals surface area (Å²) in [6, 6.07) is 2.07. The maximum atomic E-state index is 5.35. The zero-order valence-corrected chi connectivity index (χ0v) is 12.4. The number of aryl methyl sites for hydroxylation is 1. The smallest absolute Gasteiger partial charge is 0.160 e. The fourth-order valence-electron chi connectivity index (χ4n) is 2.95. The molecule has 3 heteroatoms. The SMILES string of the molecule is CCC1CCC(CNc2cc(C)ncc2OC)CC1. The van der Waals surface area contributed by atoms with E-state index in [9.17, 15) is 0 Å². The molecule has 1 aliphatic rings. The maximum absolute atomic E-state index is 5.35. The number of ether oxygens (including phenoxy) is 1. The van der Waals surface area contributed by atoms with Gasteiger partial charge in [0.15, 0.2) is 5.75 Å². The van der Waals surface area contributed by atoms with Crippen molar-refractivity contribution in [2.45, 2.75) is 46.0 Å². The monoisotopic (exact) mass is 262 g/mol. The highest BCUT2D eigenvalue weighted by atomic mass is 16.5. The summed E-state index contributed by atoms with van der Waals surface area (Å²) in [7, 11) is 1.70. The van der Waals surface area contributed by atoms with Gasteiger partial charge in [0, 0.05) is 12.2 Å². The van der Waals surface area contributed by atoms with Crippen LogP contribution in [0.5, 0.6) is 5.75 Å². The lowest BCUT2D eigenvalue weighted by Crippen LogP contribution is -2.21. The van der Waals surface area contributed by atoms with Crippen LogP contribution in [-0.2, 0) is 0 Å². The van der Waals surface area contributed by atoms with E-state index in [-0.39, 0.29) is 0 Å². The normalized spacial score (nSPS) is 23.1. The molecule has 0 radical (unpaired) electrons. The van der Waals surface area contributed by atoms with Gasteiger partial charge in [-0.3, -0.25) is 4.98 Å². The van der Waals surface area contributed by atoms with E-state index >= 15 is 0 Å². The fourth-order valence-corrected chi connectivity index (χ4v) is 2.95. The molecule has 0 aromatic carbocycles. The zero-order valence-electron chi connectivity index (χ0n) is 12.4. The van der Waals surface area contributed by atoms with Crippen LogP contribution in [0.25, 0.3) is 0 Å². The summed E-state index contributed by atoms with van der Waals surface area (Å²) in [6.45, 7) is 5.38. The number of anilines is 1. The number of hydrogen-bond donors (Lipinski definition) is 1. The molecule has 0 saturated heterocycles. The molecule has 1 heterocycles. The molecule has 0 bridgehead atoms. The van der Waals surface area contributed by atoms with E-state index in [0.717, 1.165) is 35.5 Å². The summed E-state index contributed by atoms with van der Waals surface area (Å²) in [5.74, 6) is 2.61. The van der Waals surface area contributed by atoms with Gasteiger partial charge in [0.05, 0.1) is 19.0 Å². The Morgan fingerprint density at radius 1 is 1.26 bits per heavy atom. The predicted molar refractivity (Wildman–Crippen MR) is 79.8 cm³/mol. The van der Waals surface area contributed by atoms with Crippen molar-refractivity contribution in [3.8, 4) is 5.75 Å². The van der Waals surface area contributed by atoms with E-state index in [1.807, 2.05) is 6.92 Å². The van der Waals surface area contributed by atoms with Crippen LogP contribution >= 0.6 is 0 Å². The van der Waals surface area contributed by atoms with Crippen molar-refractivity contribution in [1.82, 2.24) is 4.98 Å². The first-order valence-corrected chi connectivity index (χ1v) is 7.47. The Labute approximate surface area is 116 Å². The number of hydrogen-bond acceptors (Lipinski definition) is 3. The van der Waals surface area contributed by atoms with Gasteiger partial charge in [0.2, 0.25) is 0 Å². The summed E-state index contributed by atoms with van der Waals surface area (Å²) in [5, 5.41) is 3.54. The van der Waals surface area contributed by atoms with Crippen LogP contribution < -0.4 is 10.1 Å². The summed E-state index contributed by atoms with van der Waals surface area (Å²) in [6.07, 6.45) is 8.66. The maximum Gasteiger partial charge on any atom is 0.160 e. The molecule has 1 saturated carbocycles. The lowest BCUT2D eigenvalue weighted by molar-refractivity contribution is 0.278. The van der Waals surface area contributed by atoms with Gasteiger partial charge >= 0.3 is 0 Å². The van der Waals surface area contributed by atoms with Gasteiger partial charge in [-0.05, 0) is 37.7 Å². The Morgan fingerprint density at radius 3 is 2.58 bits per heavy atom. The third-order valence-corrected chi connectivity index (χ3v) is 4.35. The van der Waals surface area contributed by atoms with Gasteiger partial charge in [-0.2, -0.15) is 0 Å².